The van der Waals surface area contributed by atoms with Crippen LogP contribution in [-0.4, -0.2) is 75.1 Å². The van der Waals surface area contributed by atoms with E-state index >= 15 is 0 Å². The fourth-order valence-electron chi connectivity index (χ4n) is 1.89. The maximum absolute atomic E-state index is 12.0. The highest BCUT2D eigenvalue weighted by molar-refractivity contribution is 6.34. The zero-order chi connectivity index (χ0) is 13.4. The number of ether oxygens (including phenoxy) is 1. The Kier molecular flexibility index (Phi) is 6.67. The van der Waals surface area contributed by atoms with Crippen molar-refractivity contribution in [2.75, 3.05) is 53.5 Å². The van der Waals surface area contributed by atoms with Gasteiger partial charge in [0, 0.05) is 46.9 Å². The third kappa shape index (κ3) is 4.62. The molecule has 104 valence electrons. The molecule has 1 fully saturated rings. The Morgan fingerprint density at radius 1 is 1.33 bits per heavy atom. The van der Waals surface area contributed by atoms with E-state index in [9.17, 15) is 9.59 Å². The van der Waals surface area contributed by atoms with E-state index in [0.29, 0.717) is 26.2 Å². The van der Waals surface area contributed by atoms with Crippen LogP contribution in [0.25, 0.3) is 0 Å². The summed E-state index contributed by atoms with van der Waals surface area (Å²) in [6.45, 7) is 4.07. The van der Waals surface area contributed by atoms with Gasteiger partial charge in [-0.3, -0.25) is 9.59 Å². The van der Waals surface area contributed by atoms with Crippen LogP contribution in [0.5, 0.6) is 0 Å². The number of hydrogen-bond donors (Lipinski definition) is 1. The van der Waals surface area contributed by atoms with Crippen LogP contribution in [-0.2, 0) is 14.3 Å². The number of nitrogens with one attached hydrogen (secondary N) is 1. The fraction of sp³-hybridized carbons (Fsp3) is 0.833. The van der Waals surface area contributed by atoms with Crippen molar-refractivity contribution < 1.29 is 14.3 Å². The first-order valence-corrected chi connectivity index (χ1v) is 6.41. The van der Waals surface area contributed by atoms with Gasteiger partial charge in [0.15, 0.2) is 0 Å². The van der Waals surface area contributed by atoms with Crippen molar-refractivity contribution in [2.24, 2.45) is 0 Å². The van der Waals surface area contributed by atoms with Crippen LogP contribution in [0.4, 0.5) is 0 Å². The van der Waals surface area contributed by atoms with Crippen LogP contribution in [0.1, 0.15) is 12.8 Å². The summed E-state index contributed by atoms with van der Waals surface area (Å²) in [4.78, 5) is 27.0. The Morgan fingerprint density at radius 3 is 2.83 bits per heavy atom. The summed E-state index contributed by atoms with van der Waals surface area (Å²) in [6, 6.07) is 0. The van der Waals surface area contributed by atoms with E-state index in [0.717, 1.165) is 25.9 Å². The highest BCUT2D eigenvalue weighted by Crippen LogP contribution is 2.00. The quantitative estimate of drug-likeness (QED) is 0.534. The maximum Gasteiger partial charge on any atom is 0.312 e. The third-order valence-electron chi connectivity index (χ3n) is 3.00. The predicted molar refractivity (Wildman–Crippen MR) is 68.2 cm³/mol. The zero-order valence-corrected chi connectivity index (χ0v) is 11.3. The second-order valence-corrected chi connectivity index (χ2v) is 4.47. The molecule has 6 heteroatoms. The van der Waals surface area contributed by atoms with E-state index < -0.39 is 11.8 Å². The average Bonchev–Trinajstić information content (AvgIpc) is 2.66. The lowest BCUT2D eigenvalue weighted by Crippen LogP contribution is -2.45. The number of amides is 2. The Hall–Kier alpha value is -1.14. The van der Waals surface area contributed by atoms with Crippen LogP contribution < -0.4 is 5.32 Å². The summed E-state index contributed by atoms with van der Waals surface area (Å²) in [5.74, 6) is -0.813. The molecule has 0 atom stereocenters. The van der Waals surface area contributed by atoms with E-state index in [1.165, 1.54) is 4.90 Å². The molecule has 1 N–H and O–H groups in total. The van der Waals surface area contributed by atoms with Crippen molar-refractivity contribution in [3.05, 3.63) is 0 Å². The Morgan fingerprint density at radius 2 is 2.11 bits per heavy atom. The molecule has 2 amide bonds. The van der Waals surface area contributed by atoms with Gasteiger partial charge >= 0.3 is 11.8 Å². The zero-order valence-electron chi connectivity index (χ0n) is 11.3. The first-order chi connectivity index (χ1) is 8.66. The van der Waals surface area contributed by atoms with Crippen molar-refractivity contribution in [3.63, 3.8) is 0 Å². The molecule has 1 rings (SSSR count). The molecule has 1 heterocycles. The normalized spacial score (nSPS) is 16.2. The molecule has 1 saturated heterocycles. The minimum absolute atomic E-state index is 0.390. The number of carbonyl (C=O) groups excluding carboxylic acids is 2. The average molecular weight is 257 g/mol. The molecule has 0 radical (unpaired) electrons. The Bertz CT molecular complexity index is 276. The molecule has 6 nitrogen and oxygen atoms in total. The van der Waals surface area contributed by atoms with Gasteiger partial charge in [0.25, 0.3) is 0 Å². The molecule has 0 aromatic carbocycles. The lowest BCUT2D eigenvalue weighted by atomic mass is 10.3. The van der Waals surface area contributed by atoms with Crippen molar-refractivity contribution in [2.45, 2.75) is 12.8 Å². The topological polar surface area (TPSA) is 61.9 Å². The summed E-state index contributed by atoms with van der Waals surface area (Å²) < 4.78 is 4.92. The standard InChI is InChI=1S/C12H23N3O3/c1-14(7-4-10-18-2)11(16)12(17)15-8-3-5-13-6-9-15/h13H,3-10H2,1-2H3. The highest BCUT2D eigenvalue weighted by Gasteiger charge is 2.25. The van der Waals surface area contributed by atoms with Gasteiger partial charge in [-0.15, -0.1) is 0 Å². The first-order valence-electron chi connectivity index (χ1n) is 6.41. The highest BCUT2D eigenvalue weighted by atomic mass is 16.5. The maximum atomic E-state index is 12.0. The van der Waals surface area contributed by atoms with Crippen molar-refractivity contribution in [1.82, 2.24) is 15.1 Å². The van der Waals surface area contributed by atoms with E-state index in [1.807, 2.05) is 0 Å². The van der Waals surface area contributed by atoms with Crippen molar-refractivity contribution in [3.8, 4) is 0 Å². The summed E-state index contributed by atoms with van der Waals surface area (Å²) in [6.07, 6.45) is 1.64. The SMILES string of the molecule is COCCCN(C)C(=O)C(=O)N1CCCNCC1. The number of hydrogen-bond acceptors (Lipinski definition) is 4. The molecule has 0 bridgehead atoms. The summed E-state index contributed by atoms with van der Waals surface area (Å²) in [5.41, 5.74) is 0. The Balaban J connectivity index is 2.41. The van der Waals surface area contributed by atoms with Gasteiger partial charge in [-0.1, -0.05) is 0 Å². The number of carbonyl (C=O) groups is 2. The van der Waals surface area contributed by atoms with Gasteiger partial charge in [-0.2, -0.15) is 0 Å². The smallest absolute Gasteiger partial charge is 0.312 e. The molecule has 1 aliphatic heterocycles. The lowest BCUT2D eigenvalue weighted by Gasteiger charge is -2.23. The summed E-state index contributed by atoms with van der Waals surface area (Å²) >= 11 is 0. The number of rotatable bonds is 4. The second kappa shape index (κ2) is 8.05. The molecule has 18 heavy (non-hydrogen) atoms. The molecule has 0 spiro atoms. The van der Waals surface area contributed by atoms with E-state index in [2.05, 4.69) is 5.32 Å². The molecule has 1 aliphatic rings. The van der Waals surface area contributed by atoms with Crippen LogP contribution in [0.2, 0.25) is 0 Å². The molecule has 0 aliphatic carbocycles. The van der Waals surface area contributed by atoms with Crippen LogP contribution >= 0.6 is 0 Å². The molecule has 0 aromatic rings. The molecule has 0 unspecified atom stereocenters. The number of nitrogens with zero attached hydrogens (tertiary/aromatic N) is 2. The van der Waals surface area contributed by atoms with E-state index in [1.54, 1.807) is 19.1 Å². The van der Waals surface area contributed by atoms with Crippen LogP contribution in [0.3, 0.4) is 0 Å². The minimum Gasteiger partial charge on any atom is -0.385 e. The molecular formula is C12H23N3O3. The van der Waals surface area contributed by atoms with Gasteiger partial charge in [0.2, 0.25) is 0 Å². The van der Waals surface area contributed by atoms with Crippen LogP contribution in [0.15, 0.2) is 0 Å². The van der Waals surface area contributed by atoms with Crippen molar-refractivity contribution >= 4 is 11.8 Å². The van der Waals surface area contributed by atoms with E-state index in [-0.39, 0.29) is 0 Å². The Labute approximate surface area is 108 Å². The predicted octanol–water partition coefficient (Wildman–Crippen LogP) is -0.697. The van der Waals surface area contributed by atoms with Crippen LogP contribution in [0, 0.1) is 0 Å². The van der Waals surface area contributed by atoms with Gasteiger partial charge in [0.1, 0.15) is 0 Å². The van der Waals surface area contributed by atoms with Gasteiger partial charge in [-0.25, -0.2) is 0 Å². The number of methoxy groups -OCH3 is 1. The summed E-state index contributed by atoms with van der Waals surface area (Å²) in [5, 5.41) is 3.21. The second-order valence-electron chi connectivity index (χ2n) is 4.47. The third-order valence-corrected chi connectivity index (χ3v) is 3.00. The van der Waals surface area contributed by atoms with Gasteiger partial charge in [0.05, 0.1) is 0 Å². The summed E-state index contributed by atoms with van der Waals surface area (Å²) in [7, 11) is 3.28. The lowest BCUT2D eigenvalue weighted by molar-refractivity contribution is -0.151. The van der Waals surface area contributed by atoms with Gasteiger partial charge < -0.3 is 19.9 Å². The largest absolute Gasteiger partial charge is 0.385 e. The molecule has 0 aromatic heterocycles. The molecular weight excluding hydrogens is 234 g/mol. The minimum atomic E-state index is -0.423. The first kappa shape index (κ1) is 14.9. The fourth-order valence-corrected chi connectivity index (χ4v) is 1.89. The molecule has 0 saturated carbocycles. The number of likely N-dealkylation sites (N-methyl/N-ethyl adjacent to an activating group) is 1. The monoisotopic (exact) mass is 257 g/mol. The van der Waals surface area contributed by atoms with Gasteiger partial charge in [-0.05, 0) is 19.4 Å². The van der Waals surface area contributed by atoms with E-state index in [4.69, 9.17) is 4.74 Å². The van der Waals surface area contributed by atoms with Crippen molar-refractivity contribution in [1.29, 1.82) is 0 Å².